The van der Waals surface area contributed by atoms with Crippen molar-refractivity contribution in [1.82, 2.24) is 5.32 Å². The standard InChI is InChI=1S/C12H25N/c1-4-10(2)13-11(3)12-8-6-5-7-9-12/h10-13H,4-9H2,1-3H3/t10?,11-/m1/s1. The van der Waals surface area contributed by atoms with Crippen LogP contribution in [-0.4, -0.2) is 12.1 Å². The molecule has 1 unspecified atom stereocenters. The van der Waals surface area contributed by atoms with E-state index in [4.69, 9.17) is 0 Å². The minimum Gasteiger partial charge on any atom is -0.312 e. The van der Waals surface area contributed by atoms with Crippen molar-refractivity contribution in [3.8, 4) is 0 Å². The van der Waals surface area contributed by atoms with Crippen molar-refractivity contribution in [2.45, 2.75) is 71.4 Å². The fraction of sp³-hybridized carbons (Fsp3) is 1.00. The van der Waals surface area contributed by atoms with Crippen molar-refractivity contribution in [2.24, 2.45) is 5.92 Å². The van der Waals surface area contributed by atoms with E-state index in [0.29, 0.717) is 6.04 Å². The lowest BCUT2D eigenvalue weighted by Gasteiger charge is -2.30. The highest BCUT2D eigenvalue weighted by Gasteiger charge is 2.20. The molecule has 0 heterocycles. The molecule has 0 saturated heterocycles. The molecular weight excluding hydrogens is 158 g/mol. The summed E-state index contributed by atoms with van der Waals surface area (Å²) in [5, 5.41) is 3.70. The Morgan fingerprint density at radius 1 is 1.15 bits per heavy atom. The van der Waals surface area contributed by atoms with Crippen LogP contribution >= 0.6 is 0 Å². The fourth-order valence-electron chi connectivity index (χ4n) is 2.34. The Balaban J connectivity index is 2.24. The zero-order valence-electron chi connectivity index (χ0n) is 9.47. The number of nitrogens with one attached hydrogen (secondary N) is 1. The Hall–Kier alpha value is -0.0400. The largest absolute Gasteiger partial charge is 0.312 e. The van der Waals surface area contributed by atoms with E-state index in [1.54, 1.807) is 0 Å². The first-order chi connectivity index (χ1) is 6.24. The Morgan fingerprint density at radius 3 is 2.31 bits per heavy atom. The summed E-state index contributed by atoms with van der Waals surface area (Å²) < 4.78 is 0. The molecule has 0 aromatic carbocycles. The third-order valence-electron chi connectivity index (χ3n) is 3.52. The van der Waals surface area contributed by atoms with Crippen LogP contribution in [0.3, 0.4) is 0 Å². The van der Waals surface area contributed by atoms with Gasteiger partial charge in [-0.25, -0.2) is 0 Å². The molecule has 1 N–H and O–H groups in total. The van der Waals surface area contributed by atoms with Crippen LogP contribution in [0.25, 0.3) is 0 Å². The smallest absolute Gasteiger partial charge is 0.00694 e. The minimum absolute atomic E-state index is 0.692. The molecular formula is C12H25N. The van der Waals surface area contributed by atoms with Crippen LogP contribution in [0.15, 0.2) is 0 Å². The van der Waals surface area contributed by atoms with Gasteiger partial charge in [0.2, 0.25) is 0 Å². The van der Waals surface area contributed by atoms with Crippen molar-refractivity contribution in [1.29, 1.82) is 0 Å². The maximum atomic E-state index is 3.70. The highest BCUT2D eigenvalue weighted by atomic mass is 14.9. The predicted octanol–water partition coefficient (Wildman–Crippen LogP) is 3.34. The molecule has 78 valence electrons. The van der Waals surface area contributed by atoms with Gasteiger partial charge in [-0.15, -0.1) is 0 Å². The number of hydrogen-bond acceptors (Lipinski definition) is 1. The van der Waals surface area contributed by atoms with E-state index in [-0.39, 0.29) is 0 Å². The third-order valence-corrected chi connectivity index (χ3v) is 3.52. The molecule has 0 aliphatic heterocycles. The highest BCUT2D eigenvalue weighted by molar-refractivity contribution is 4.77. The molecule has 0 bridgehead atoms. The molecule has 0 radical (unpaired) electrons. The van der Waals surface area contributed by atoms with Gasteiger partial charge in [0, 0.05) is 12.1 Å². The van der Waals surface area contributed by atoms with Gasteiger partial charge in [-0.05, 0) is 39.0 Å². The van der Waals surface area contributed by atoms with Gasteiger partial charge >= 0.3 is 0 Å². The van der Waals surface area contributed by atoms with Crippen LogP contribution in [0, 0.1) is 5.92 Å². The SMILES string of the molecule is CCC(C)N[C@H](C)C1CCCCC1. The molecule has 0 aromatic rings. The molecule has 1 saturated carbocycles. The Kier molecular flexibility index (Phi) is 4.79. The summed E-state index contributed by atoms with van der Waals surface area (Å²) in [7, 11) is 0. The van der Waals surface area contributed by atoms with Crippen molar-refractivity contribution in [3.05, 3.63) is 0 Å². The summed E-state index contributed by atoms with van der Waals surface area (Å²) in [4.78, 5) is 0. The van der Waals surface area contributed by atoms with E-state index >= 15 is 0 Å². The summed E-state index contributed by atoms with van der Waals surface area (Å²) in [5.41, 5.74) is 0. The summed E-state index contributed by atoms with van der Waals surface area (Å²) in [6, 6.07) is 1.42. The molecule has 0 amide bonds. The molecule has 1 aliphatic carbocycles. The molecule has 13 heavy (non-hydrogen) atoms. The second-order valence-electron chi connectivity index (χ2n) is 4.66. The zero-order valence-corrected chi connectivity index (χ0v) is 9.47. The van der Waals surface area contributed by atoms with E-state index in [1.807, 2.05) is 0 Å². The van der Waals surface area contributed by atoms with E-state index in [1.165, 1.54) is 38.5 Å². The molecule has 0 spiro atoms. The lowest BCUT2D eigenvalue weighted by Crippen LogP contribution is -2.39. The van der Waals surface area contributed by atoms with E-state index in [2.05, 4.69) is 26.1 Å². The molecule has 2 atom stereocenters. The van der Waals surface area contributed by atoms with Gasteiger partial charge in [0.15, 0.2) is 0 Å². The van der Waals surface area contributed by atoms with Crippen LogP contribution < -0.4 is 5.32 Å². The van der Waals surface area contributed by atoms with Crippen LogP contribution in [0.5, 0.6) is 0 Å². The maximum absolute atomic E-state index is 3.70. The first kappa shape index (κ1) is 11.0. The Bertz CT molecular complexity index is 127. The average Bonchev–Trinajstić information content (AvgIpc) is 2.19. The first-order valence-corrected chi connectivity index (χ1v) is 6.00. The first-order valence-electron chi connectivity index (χ1n) is 6.00. The van der Waals surface area contributed by atoms with Gasteiger partial charge < -0.3 is 5.32 Å². The van der Waals surface area contributed by atoms with Gasteiger partial charge in [0.05, 0.1) is 0 Å². The van der Waals surface area contributed by atoms with Crippen molar-refractivity contribution < 1.29 is 0 Å². The molecule has 1 rings (SSSR count). The summed E-state index contributed by atoms with van der Waals surface area (Å²) in [5.74, 6) is 0.947. The summed E-state index contributed by atoms with van der Waals surface area (Å²) in [6.07, 6.45) is 8.52. The van der Waals surface area contributed by atoms with Crippen LogP contribution in [-0.2, 0) is 0 Å². The van der Waals surface area contributed by atoms with Gasteiger partial charge in [0.1, 0.15) is 0 Å². The average molecular weight is 183 g/mol. The number of rotatable bonds is 4. The van der Waals surface area contributed by atoms with Gasteiger partial charge in [-0.1, -0.05) is 26.2 Å². The monoisotopic (exact) mass is 183 g/mol. The second kappa shape index (κ2) is 5.64. The second-order valence-corrected chi connectivity index (χ2v) is 4.66. The topological polar surface area (TPSA) is 12.0 Å². The maximum Gasteiger partial charge on any atom is 0.00694 e. The quantitative estimate of drug-likeness (QED) is 0.705. The van der Waals surface area contributed by atoms with Crippen molar-refractivity contribution in [2.75, 3.05) is 0 Å². The molecule has 1 fully saturated rings. The van der Waals surface area contributed by atoms with Crippen LogP contribution in [0.2, 0.25) is 0 Å². The lowest BCUT2D eigenvalue weighted by molar-refractivity contribution is 0.266. The fourth-order valence-corrected chi connectivity index (χ4v) is 2.34. The van der Waals surface area contributed by atoms with Crippen molar-refractivity contribution >= 4 is 0 Å². The van der Waals surface area contributed by atoms with Crippen LogP contribution in [0.4, 0.5) is 0 Å². The minimum atomic E-state index is 0.692. The van der Waals surface area contributed by atoms with Gasteiger partial charge in [-0.3, -0.25) is 0 Å². The predicted molar refractivity (Wildman–Crippen MR) is 58.9 cm³/mol. The van der Waals surface area contributed by atoms with Gasteiger partial charge in [0.25, 0.3) is 0 Å². The molecule has 0 aromatic heterocycles. The van der Waals surface area contributed by atoms with Crippen LogP contribution in [0.1, 0.15) is 59.3 Å². The molecule has 1 nitrogen and oxygen atoms in total. The Labute approximate surface area is 83.3 Å². The van der Waals surface area contributed by atoms with E-state index in [0.717, 1.165) is 12.0 Å². The molecule has 1 aliphatic rings. The summed E-state index contributed by atoms with van der Waals surface area (Å²) in [6.45, 7) is 6.91. The lowest BCUT2D eigenvalue weighted by atomic mass is 9.84. The van der Waals surface area contributed by atoms with Crippen molar-refractivity contribution in [3.63, 3.8) is 0 Å². The zero-order chi connectivity index (χ0) is 9.68. The molecule has 1 heteroatoms. The normalized spacial score (nSPS) is 24.2. The summed E-state index contributed by atoms with van der Waals surface area (Å²) >= 11 is 0. The van der Waals surface area contributed by atoms with E-state index in [9.17, 15) is 0 Å². The van der Waals surface area contributed by atoms with Gasteiger partial charge in [-0.2, -0.15) is 0 Å². The Morgan fingerprint density at radius 2 is 1.77 bits per heavy atom. The highest BCUT2D eigenvalue weighted by Crippen LogP contribution is 2.26. The number of hydrogen-bond donors (Lipinski definition) is 1. The van der Waals surface area contributed by atoms with E-state index < -0.39 is 0 Å². The third kappa shape index (κ3) is 3.68.